The molecule has 4 nitrogen and oxygen atoms in total. The molecule has 1 saturated heterocycles. The van der Waals surface area contributed by atoms with Crippen LogP contribution in [0.1, 0.15) is 34.3 Å². The van der Waals surface area contributed by atoms with Gasteiger partial charge in [0.05, 0.1) is 12.6 Å². The van der Waals surface area contributed by atoms with Crippen molar-refractivity contribution in [2.24, 2.45) is 5.92 Å². The standard InChI is InChI=1S/C21H23NO3/c23-13-20(14-7-9-25-10-8-14)22-21(24)16-5-6-19-17(12-16)11-15-3-1-2-4-18(15)19/h1-6,12,14,20,23H,7-11,13H2,(H,22,24)/t20-/m1/s1. The third-order valence-electron chi connectivity index (χ3n) is 5.40. The van der Waals surface area contributed by atoms with E-state index in [1.54, 1.807) is 0 Å². The van der Waals surface area contributed by atoms with Crippen LogP contribution in [0.5, 0.6) is 0 Å². The highest BCUT2D eigenvalue weighted by molar-refractivity contribution is 5.96. The highest BCUT2D eigenvalue weighted by Gasteiger charge is 2.26. The van der Waals surface area contributed by atoms with E-state index in [1.165, 1.54) is 22.3 Å². The summed E-state index contributed by atoms with van der Waals surface area (Å²) in [7, 11) is 0. The molecular weight excluding hydrogens is 314 g/mol. The third kappa shape index (κ3) is 3.20. The number of rotatable bonds is 4. The number of ether oxygens (including phenoxy) is 1. The zero-order chi connectivity index (χ0) is 17.2. The second-order valence-corrected chi connectivity index (χ2v) is 6.92. The molecule has 1 amide bonds. The summed E-state index contributed by atoms with van der Waals surface area (Å²) < 4.78 is 5.37. The zero-order valence-electron chi connectivity index (χ0n) is 14.2. The van der Waals surface area contributed by atoms with E-state index in [0.29, 0.717) is 18.8 Å². The van der Waals surface area contributed by atoms with E-state index in [2.05, 4.69) is 23.5 Å². The molecule has 0 bridgehead atoms. The average molecular weight is 337 g/mol. The lowest BCUT2D eigenvalue weighted by Crippen LogP contribution is -2.44. The molecule has 2 aliphatic rings. The number of fused-ring (bicyclic) bond motifs is 3. The van der Waals surface area contributed by atoms with Crippen LogP contribution in [0.15, 0.2) is 42.5 Å². The maximum Gasteiger partial charge on any atom is 0.251 e. The van der Waals surface area contributed by atoms with Crippen molar-refractivity contribution in [3.8, 4) is 11.1 Å². The predicted molar refractivity (Wildman–Crippen MR) is 96.6 cm³/mol. The van der Waals surface area contributed by atoms with Crippen LogP contribution in [0.2, 0.25) is 0 Å². The molecule has 2 aromatic carbocycles. The highest BCUT2D eigenvalue weighted by atomic mass is 16.5. The molecule has 130 valence electrons. The Hall–Kier alpha value is -2.17. The van der Waals surface area contributed by atoms with Gasteiger partial charge in [-0.25, -0.2) is 0 Å². The Kier molecular flexibility index (Phi) is 4.55. The second kappa shape index (κ2) is 6.98. The number of hydrogen-bond donors (Lipinski definition) is 2. The lowest BCUT2D eigenvalue weighted by atomic mass is 9.92. The molecule has 4 rings (SSSR count). The summed E-state index contributed by atoms with van der Waals surface area (Å²) in [5, 5.41) is 12.7. The molecule has 25 heavy (non-hydrogen) atoms. The molecule has 1 aliphatic heterocycles. The lowest BCUT2D eigenvalue weighted by Gasteiger charge is -2.29. The van der Waals surface area contributed by atoms with Crippen LogP contribution in [0, 0.1) is 5.92 Å². The van der Waals surface area contributed by atoms with Gasteiger partial charge >= 0.3 is 0 Å². The van der Waals surface area contributed by atoms with Crippen LogP contribution in [0.4, 0.5) is 0 Å². The fourth-order valence-electron chi connectivity index (χ4n) is 3.97. The Labute approximate surface area is 147 Å². The summed E-state index contributed by atoms with van der Waals surface area (Å²) in [4.78, 5) is 12.7. The minimum absolute atomic E-state index is 0.0349. The van der Waals surface area contributed by atoms with E-state index in [4.69, 9.17) is 4.74 Å². The van der Waals surface area contributed by atoms with Crippen LogP contribution < -0.4 is 5.32 Å². The molecule has 1 aliphatic carbocycles. The first-order valence-electron chi connectivity index (χ1n) is 8.97. The van der Waals surface area contributed by atoms with E-state index >= 15 is 0 Å². The molecule has 0 saturated carbocycles. The van der Waals surface area contributed by atoms with Crippen molar-refractivity contribution in [1.82, 2.24) is 5.32 Å². The van der Waals surface area contributed by atoms with Crippen molar-refractivity contribution in [1.29, 1.82) is 0 Å². The summed E-state index contributed by atoms with van der Waals surface area (Å²) in [6.07, 6.45) is 2.63. The Balaban J connectivity index is 1.50. The Morgan fingerprint density at radius 3 is 2.68 bits per heavy atom. The van der Waals surface area contributed by atoms with Crippen molar-refractivity contribution in [2.45, 2.75) is 25.3 Å². The Bertz CT molecular complexity index is 780. The van der Waals surface area contributed by atoms with Gasteiger partial charge in [-0.1, -0.05) is 30.3 Å². The third-order valence-corrected chi connectivity index (χ3v) is 5.40. The van der Waals surface area contributed by atoms with Crippen LogP contribution in [-0.4, -0.2) is 36.9 Å². The summed E-state index contributed by atoms with van der Waals surface area (Å²) >= 11 is 0. The molecule has 4 heteroatoms. The van der Waals surface area contributed by atoms with Crippen LogP contribution in [0.3, 0.4) is 0 Å². The van der Waals surface area contributed by atoms with Gasteiger partial charge in [-0.3, -0.25) is 4.79 Å². The van der Waals surface area contributed by atoms with Gasteiger partial charge < -0.3 is 15.2 Å². The molecule has 2 N–H and O–H groups in total. The molecule has 0 aromatic heterocycles. The van der Waals surface area contributed by atoms with Crippen molar-refractivity contribution >= 4 is 5.91 Å². The monoisotopic (exact) mass is 337 g/mol. The first-order chi connectivity index (χ1) is 12.3. The highest BCUT2D eigenvalue weighted by Crippen LogP contribution is 2.36. The molecule has 1 fully saturated rings. The smallest absolute Gasteiger partial charge is 0.251 e. The molecule has 0 spiro atoms. The minimum Gasteiger partial charge on any atom is -0.394 e. The summed E-state index contributed by atoms with van der Waals surface area (Å²) in [6, 6.07) is 14.1. The SMILES string of the molecule is O=C(N[C@H](CO)C1CCOCC1)c1ccc2c(c1)Cc1ccccc1-2. The van der Waals surface area contributed by atoms with Crippen LogP contribution >= 0.6 is 0 Å². The second-order valence-electron chi connectivity index (χ2n) is 6.92. The lowest BCUT2D eigenvalue weighted by molar-refractivity contribution is 0.0420. The topological polar surface area (TPSA) is 58.6 Å². The van der Waals surface area contributed by atoms with Gasteiger partial charge in [0.2, 0.25) is 0 Å². The van der Waals surface area contributed by atoms with Crippen LogP contribution in [-0.2, 0) is 11.2 Å². The van der Waals surface area contributed by atoms with E-state index in [9.17, 15) is 9.90 Å². The van der Waals surface area contributed by atoms with Crippen molar-refractivity contribution in [3.05, 3.63) is 59.2 Å². The summed E-state index contributed by atoms with van der Waals surface area (Å²) in [5.74, 6) is 0.172. The average Bonchev–Trinajstić information content (AvgIpc) is 3.04. The minimum atomic E-state index is -0.207. The largest absolute Gasteiger partial charge is 0.394 e. The van der Waals surface area contributed by atoms with Gasteiger partial charge in [-0.05, 0) is 59.6 Å². The summed E-state index contributed by atoms with van der Waals surface area (Å²) in [5.41, 5.74) is 5.65. The number of amides is 1. The molecule has 0 unspecified atom stereocenters. The summed E-state index contributed by atoms with van der Waals surface area (Å²) in [6.45, 7) is 1.37. The van der Waals surface area contributed by atoms with Crippen molar-refractivity contribution < 1.29 is 14.6 Å². The predicted octanol–water partition coefficient (Wildman–Crippen LogP) is 2.78. The van der Waals surface area contributed by atoms with Crippen molar-refractivity contribution in [3.63, 3.8) is 0 Å². The van der Waals surface area contributed by atoms with Gasteiger partial charge in [0.15, 0.2) is 0 Å². The van der Waals surface area contributed by atoms with Crippen molar-refractivity contribution in [2.75, 3.05) is 19.8 Å². The van der Waals surface area contributed by atoms with Gasteiger partial charge in [0.25, 0.3) is 5.91 Å². The van der Waals surface area contributed by atoms with E-state index in [1.807, 2.05) is 24.3 Å². The fourth-order valence-corrected chi connectivity index (χ4v) is 3.97. The first kappa shape index (κ1) is 16.3. The number of aliphatic hydroxyl groups excluding tert-OH is 1. The van der Waals surface area contributed by atoms with Gasteiger partial charge in [0, 0.05) is 18.8 Å². The number of hydrogen-bond acceptors (Lipinski definition) is 3. The van der Waals surface area contributed by atoms with Gasteiger partial charge in [0.1, 0.15) is 0 Å². The molecule has 1 heterocycles. The quantitative estimate of drug-likeness (QED) is 0.770. The van der Waals surface area contributed by atoms with E-state index in [-0.39, 0.29) is 24.5 Å². The molecular formula is C21H23NO3. The fraction of sp³-hybridized carbons (Fsp3) is 0.381. The first-order valence-corrected chi connectivity index (χ1v) is 8.97. The number of carbonyl (C=O) groups excluding carboxylic acids is 1. The zero-order valence-corrected chi connectivity index (χ0v) is 14.2. The number of aliphatic hydroxyl groups is 1. The Morgan fingerprint density at radius 2 is 1.88 bits per heavy atom. The molecule has 0 radical (unpaired) electrons. The maximum absolute atomic E-state index is 12.7. The maximum atomic E-state index is 12.7. The number of nitrogens with one attached hydrogen (secondary N) is 1. The van der Waals surface area contributed by atoms with E-state index < -0.39 is 0 Å². The van der Waals surface area contributed by atoms with E-state index in [0.717, 1.165) is 19.3 Å². The normalized spacial score (nSPS) is 17.6. The van der Waals surface area contributed by atoms with Gasteiger partial charge in [-0.15, -0.1) is 0 Å². The van der Waals surface area contributed by atoms with Crippen LogP contribution in [0.25, 0.3) is 11.1 Å². The molecule has 1 atom stereocenters. The molecule has 2 aromatic rings. The van der Waals surface area contributed by atoms with Gasteiger partial charge in [-0.2, -0.15) is 0 Å². The number of carbonyl (C=O) groups is 1. The Morgan fingerprint density at radius 1 is 1.12 bits per heavy atom. The number of benzene rings is 2.